The van der Waals surface area contributed by atoms with E-state index in [1.807, 2.05) is 30.3 Å². The third-order valence-electron chi connectivity index (χ3n) is 5.25. The maximum atomic E-state index is 12.8. The summed E-state index contributed by atoms with van der Waals surface area (Å²) in [6.45, 7) is 4.87. The summed E-state index contributed by atoms with van der Waals surface area (Å²) in [6.07, 6.45) is 2.11. The second-order valence-electron chi connectivity index (χ2n) is 7.31. The molecular formula is C22H25N3O. The first-order valence-electron chi connectivity index (χ1n) is 9.13. The van der Waals surface area contributed by atoms with Gasteiger partial charge in [0.15, 0.2) is 0 Å². The molecule has 4 heteroatoms. The van der Waals surface area contributed by atoms with Crippen LogP contribution in [0.15, 0.2) is 54.6 Å². The molecule has 0 aromatic heterocycles. The zero-order chi connectivity index (χ0) is 18.4. The highest BCUT2D eigenvalue weighted by molar-refractivity contribution is 5.95. The predicted molar refractivity (Wildman–Crippen MR) is 103 cm³/mol. The number of rotatable bonds is 5. The predicted octanol–water partition coefficient (Wildman–Crippen LogP) is 3.99. The van der Waals surface area contributed by atoms with Gasteiger partial charge in [-0.3, -0.25) is 9.69 Å². The normalized spacial score (nSPS) is 16.6. The molecule has 4 nitrogen and oxygen atoms in total. The maximum absolute atomic E-state index is 12.8. The van der Waals surface area contributed by atoms with E-state index in [0.29, 0.717) is 6.42 Å². The molecule has 26 heavy (non-hydrogen) atoms. The van der Waals surface area contributed by atoms with Crippen LogP contribution < -0.4 is 5.32 Å². The lowest BCUT2D eigenvalue weighted by atomic mass is 9.79. The van der Waals surface area contributed by atoms with Gasteiger partial charge in [-0.1, -0.05) is 49.4 Å². The molecule has 0 aliphatic carbocycles. The average Bonchev–Trinajstić information content (AvgIpc) is 2.66. The number of nitrogens with one attached hydrogen (secondary N) is 1. The Bertz CT molecular complexity index is 769. The minimum absolute atomic E-state index is 0.0879. The van der Waals surface area contributed by atoms with Gasteiger partial charge in [-0.05, 0) is 49.2 Å². The summed E-state index contributed by atoms with van der Waals surface area (Å²) in [7, 11) is 0. The highest BCUT2D eigenvalue weighted by atomic mass is 16.2. The van der Waals surface area contributed by atoms with Gasteiger partial charge in [0.1, 0.15) is 0 Å². The zero-order valence-corrected chi connectivity index (χ0v) is 15.2. The van der Waals surface area contributed by atoms with Crippen molar-refractivity contribution >= 4 is 11.6 Å². The standard InChI is InChI=1S/C22H25N3O/c1-22(21(26)24-20-9-7-18(8-10-20)11-14-23)12-15-25(16-13-22)17-19-5-3-2-4-6-19/h2-10H,11-13,15-17H2,1H3,(H,24,26). The fourth-order valence-electron chi connectivity index (χ4n) is 3.35. The average molecular weight is 347 g/mol. The van der Waals surface area contributed by atoms with Crippen molar-refractivity contribution in [2.24, 2.45) is 5.41 Å². The Morgan fingerprint density at radius 1 is 1.08 bits per heavy atom. The first-order valence-corrected chi connectivity index (χ1v) is 9.13. The summed E-state index contributed by atoms with van der Waals surface area (Å²) < 4.78 is 0. The highest BCUT2D eigenvalue weighted by Crippen LogP contribution is 2.33. The molecule has 1 saturated heterocycles. The first kappa shape index (κ1) is 18.2. The summed E-state index contributed by atoms with van der Waals surface area (Å²) in [4.78, 5) is 15.2. The number of nitrogens with zero attached hydrogens (tertiary/aromatic N) is 2. The lowest BCUT2D eigenvalue weighted by molar-refractivity contribution is -0.127. The maximum Gasteiger partial charge on any atom is 0.230 e. The number of nitriles is 1. The van der Waals surface area contributed by atoms with Gasteiger partial charge in [0.05, 0.1) is 12.5 Å². The Hall–Kier alpha value is -2.64. The van der Waals surface area contributed by atoms with Crippen molar-refractivity contribution in [3.63, 3.8) is 0 Å². The fraction of sp³-hybridized carbons (Fsp3) is 0.364. The van der Waals surface area contributed by atoms with Crippen molar-refractivity contribution in [1.82, 2.24) is 4.90 Å². The van der Waals surface area contributed by atoms with Gasteiger partial charge in [0, 0.05) is 17.6 Å². The number of hydrogen-bond donors (Lipinski definition) is 1. The van der Waals surface area contributed by atoms with Crippen molar-refractivity contribution in [2.45, 2.75) is 32.7 Å². The Morgan fingerprint density at radius 2 is 1.73 bits per heavy atom. The van der Waals surface area contributed by atoms with Crippen LogP contribution in [0, 0.1) is 16.7 Å². The molecule has 1 aliphatic heterocycles. The highest BCUT2D eigenvalue weighted by Gasteiger charge is 2.36. The van der Waals surface area contributed by atoms with Gasteiger partial charge in [-0.15, -0.1) is 0 Å². The van der Waals surface area contributed by atoms with Crippen LogP contribution >= 0.6 is 0 Å². The van der Waals surface area contributed by atoms with Crippen LogP contribution in [0.3, 0.4) is 0 Å². The van der Waals surface area contributed by atoms with Crippen molar-refractivity contribution in [2.75, 3.05) is 18.4 Å². The third kappa shape index (κ3) is 4.50. The number of anilines is 1. The molecule has 1 N–H and O–H groups in total. The number of benzene rings is 2. The van der Waals surface area contributed by atoms with Crippen LogP contribution in [-0.2, 0) is 17.8 Å². The van der Waals surface area contributed by atoms with E-state index >= 15 is 0 Å². The molecule has 0 unspecified atom stereocenters. The minimum Gasteiger partial charge on any atom is -0.326 e. The number of piperidine rings is 1. The van der Waals surface area contributed by atoms with Crippen LogP contribution in [0.5, 0.6) is 0 Å². The van der Waals surface area contributed by atoms with Crippen LogP contribution in [0.25, 0.3) is 0 Å². The van der Waals surface area contributed by atoms with E-state index in [1.165, 1.54) is 5.56 Å². The van der Waals surface area contributed by atoms with E-state index < -0.39 is 0 Å². The molecule has 1 fully saturated rings. The minimum atomic E-state index is -0.335. The van der Waals surface area contributed by atoms with E-state index in [1.54, 1.807) is 0 Å². The molecule has 1 aliphatic rings. The Morgan fingerprint density at radius 3 is 2.35 bits per heavy atom. The summed E-state index contributed by atoms with van der Waals surface area (Å²) in [5, 5.41) is 11.8. The van der Waals surface area contributed by atoms with Crippen LogP contribution in [0.1, 0.15) is 30.9 Å². The first-order chi connectivity index (χ1) is 12.6. The number of carbonyl (C=O) groups is 1. The van der Waals surface area contributed by atoms with Crippen LogP contribution in [-0.4, -0.2) is 23.9 Å². The van der Waals surface area contributed by atoms with Gasteiger partial charge in [0.2, 0.25) is 5.91 Å². The molecule has 3 rings (SSSR count). The van der Waals surface area contributed by atoms with Crippen molar-refractivity contribution in [3.8, 4) is 6.07 Å². The molecule has 0 bridgehead atoms. The smallest absolute Gasteiger partial charge is 0.230 e. The fourth-order valence-corrected chi connectivity index (χ4v) is 3.35. The lowest BCUT2D eigenvalue weighted by Crippen LogP contribution is -2.44. The number of amides is 1. The molecule has 0 radical (unpaired) electrons. The molecule has 1 heterocycles. The molecule has 0 spiro atoms. The van der Waals surface area contributed by atoms with Crippen LogP contribution in [0.2, 0.25) is 0 Å². The number of likely N-dealkylation sites (tertiary alicyclic amines) is 1. The quantitative estimate of drug-likeness (QED) is 0.889. The Labute approximate surface area is 155 Å². The lowest BCUT2D eigenvalue weighted by Gasteiger charge is -2.38. The van der Waals surface area contributed by atoms with Crippen molar-refractivity contribution < 1.29 is 4.79 Å². The van der Waals surface area contributed by atoms with Gasteiger partial charge in [0.25, 0.3) is 0 Å². The number of hydrogen-bond acceptors (Lipinski definition) is 3. The van der Waals surface area contributed by atoms with Crippen LogP contribution in [0.4, 0.5) is 5.69 Å². The molecule has 2 aromatic rings. The second-order valence-corrected chi connectivity index (χ2v) is 7.31. The Balaban J connectivity index is 1.54. The zero-order valence-electron chi connectivity index (χ0n) is 15.2. The SMILES string of the molecule is CC1(C(=O)Nc2ccc(CC#N)cc2)CCN(Cc2ccccc2)CC1. The van der Waals surface area contributed by atoms with Gasteiger partial charge in [-0.2, -0.15) is 5.26 Å². The summed E-state index contributed by atoms with van der Waals surface area (Å²) >= 11 is 0. The summed E-state index contributed by atoms with van der Waals surface area (Å²) in [5.74, 6) is 0.0879. The van der Waals surface area contributed by atoms with E-state index in [4.69, 9.17) is 5.26 Å². The van der Waals surface area contributed by atoms with Gasteiger partial charge >= 0.3 is 0 Å². The van der Waals surface area contributed by atoms with Gasteiger partial charge < -0.3 is 5.32 Å². The van der Waals surface area contributed by atoms with E-state index in [0.717, 1.165) is 43.7 Å². The molecule has 134 valence electrons. The molecule has 0 saturated carbocycles. The van der Waals surface area contributed by atoms with E-state index in [9.17, 15) is 4.79 Å². The topological polar surface area (TPSA) is 56.1 Å². The summed E-state index contributed by atoms with van der Waals surface area (Å²) in [6, 6.07) is 20.1. The molecule has 1 amide bonds. The molecule has 2 aromatic carbocycles. The number of carbonyl (C=O) groups excluding carboxylic acids is 1. The third-order valence-corrected chi connectivity index (χ3v) is 5.25. The molecule has 0 atom stereocenters. The molecular weight excluding hydrogens is 322 g/mol. The monoisotopic (exact) mass is 347 g/mol. The second kappa shape index (κ2) is 8.16. The van der Waals surface area contributed by atoms with Crippen molar-refractivity contribution in [3.05, 3.63) is 65.7 Å². The Kier molecular flexibility index (Phi) is 5.70. The van der Waals surface area contributed by atoms with E-state index in [-0.39, 0.29) is 11.3 Å². The van der Waals surface area contributed by atoms with Crippen molar-refractivity contribution in [1.29, 1.82) is 5.26 Å². The van der Waals surface area contributed by atoms with Gasteiger partial charge in [-0.25, -0.2) is 0 Å². The largest absolute Gasteiger partial charge is 0.326 e. The van der Waals surface area contributed by atoms with E-state index in [2.05, 4.69) is 47.5 Å². The summed E-state index contributed by atoms with van der Waals surface area (Å²) in [5.41, 5.74) is 2.74.